The van der Waals surface area contributed by atoms with Crippen LogP contribution < -0.4 is 9.62 Å². The van der Waals surface area contributed by atoms with E-state index in [0.29, 0.717) is 35.7 Å². The van der Waals surface area contributed by atoms with Gasteiger partial charge in [-0.05, 0) is 55.7 Å². The molecule has 0 unspecified atom stereocenters. The first-order chi connectivity index (χ1) is 12.9. The summed E-state index contributed by atoms with van der Waals surface area (Å²) in [5, 5.41) is 2.93. The summed E-state index contributed by atoms with van der Waals surface area (Å²) in [4.78, 5) is 12.6. The van der Waals surface area contributed by atoms with Gasteiger partial charge in [-0.3, -0.25) is 9.10 Å². The van der Waals surface area contributed by atoms with E-state index in [0.717, 1.165) is 30.4 Å². The van der Waals surface area contributed by atoms with E-state index in [1.54, 1.807) is 36.4 Å². The van der Waals surface area contributed by atoms with Crippen molar-refractivity contribution < 1.29 is 13.2 Å². The van der Waals surface area contributed by atoms with Crippen molar-refractivity contribution in [2.24, 2.45) is 0 Å². The molecule has 5 nitrogen and oxygen atoms in total. The van der Waals surface area contributed by atoms with Crippen molar-refractivity contribution in [3.05, 3.63) is 59.2 Å². The van der Waals surface area contributed by atoms with Crippen molar-refractivity contribution in [3.63, 3.8) is 0 Å². The number of aryl methyl sites for hydroxylation is 1. The molecule has 1 aliphatic rings. The summed E-state index contributed by atoms with van der Waals surface area (Å²) in [7, 11) is -3.59. The molecule has 2 aromatic rings. The van der Waals surface area contributed by atoms with E-state index in [1.807, 2.05) is 13.0 Å². The molecule has 1 heterocycles. The van der Waals surface area contributed by atoms with Crippen LogP contribution >= 0.6 is 0 Å². The van der Waals surface area contributed by atoms with Crippen molar-refractivity contribution >= 4 is 21.6 Å². The summed E-state index contributed by atoms with van der Waals surface area (Å²) < 4.78 is 27.4. The van der Waals surface area contributed by atoms with Gasteiger partial charge in [-0.25, -0.2) is 8.42 Å². The number of carbonyl (C=O) groups is 1. The van der Waals surface area contributed by atoms with E-state index in [4.69, 9.17) is 0 Å². The maximum Gasteiger partial charge on any atom is 0.264 e. The molecule has 3 rings (SSSR count). The van der Waals surface area contributed by atoms with Crippen LogP contribution in [0.1, 0.15) is 47.7 Å². The van der Waals surface area contributed by atoms with Crippen LogP contribution in [0.3, 0.4) is 0 Å². The van der Waals surface area contributed by atoms with Crippen LogP contribution in [0.5, 0.6) is 0 Å². The lowest BCUT2D eigenvalue weighted by Crippen LogP contribution is -2.29. The molecule has 0 saturated carbocycles. The number of anilines is 1. The Morgan fingerprint density at radius 3 is 2.56 bits per heavy atom. The molecule has 1 amide bonds. The number of unbranched alkanes of at least 4 members (excludes halogenated alkanes) is 2. The van der Waals surface area contributed by atoms with Crippen molar-refractivity contribution in [1.29, 1.82) is 0 Å². The number of rotatable bonds is 7. The first kappa shape index (κ1) is 19.4. The zero-order valence-corrected chi connectivity index (χ0v) is 16.7. The highest BCUT2D eigenvalue weighted by atomic mass is 32.2. The number of benzene rings is 2. The van der Waals surface area contributed by atoms with Crippen molar-refractivity contribution in [1.82, 2.24) is 5.32 Å². The van der Waals surface area contributed by atoms with E-state index in [2.05, 4.69) is 12.2 Å². The smallest absolute Gasteiger partial charge is 0.264 e. The standard InChI is InChI=1S/C21H26N2O3S/c1-3-4-5-13-22-21(24)18-8-11-20-17(15-18)12-14-23(20)27(25,26)19-9-6-16(2)7-10-19/h6-11,15H,3-5,12-14H2,1-2H3,(H,22,24). The predicted octanol–water partition coefficient (Wildman–Crippen LogP) is 3.67. The number of carbonyl (C=O) groups excluding carboxylic acids is 1. The summed E-state index contributed by atoms with van der Waals surface area (Å²) in [6.07, 6.45) is 3.78. The van der Waals surface area contributed by atoms with E-state index in [1.165, 1.54) is 4.31 Å². The van der Waals surface area contributed by atoms with Gasteiger partial charge in [-0.2, -0.15) is 0 Å². The molecular weight excluding hydrogens is 360 g/mol. The second kappa shape index (κ2) is 8.13. The third-order valence-corrected chi connectivity index (χ3v) is 6.70. The Balaban J connectivity index is 1.78. The maximum atomic E-state index is 13.0. The Morgan fingerprint density at radius 1 is 1.11 bits per heavy atom. The van der Waals surface area contributed by atoms with Crippen LogP contribution in [-0.4, -0.2) is 27.4 Å². The van der Waals surface area contributed by atoms with E-state index >= 15 is 0 Å². The number of fused-ring (bicyclic) bond motifs is 1. The lowest BCUT2D eigenvalue weighted by atomic mass is 10.1. The van der Waals surface area contributed by atoms with E-state index in [-0.39, 0.29) is 5.91 Å². The summed E-state index contributed by atoms with van der Waals surface area (Å²) >= 11 is 0. The molecule has 144 valence electrons. The molecule has 0 aromatic heterocycles. The van der Waals surface area contributed by atoms with Crippen LogP contribution in [0, 0.1) is 6.92 Å². The van der Waals surface area contributed by atoms with Gasteiger partial charge in [-0.1, -0.05) is 37.5 Å². The topological polar surface area (TPSA) is 66.5 Å². The first-order valence-corrected chi connectivity index (χ1v) is 10.9. The van der Waals surface area contributed by atoms with Gasteiger partial charge in [0, 0.05) is 18.7 Å². The average molecular weight is 387 g/mol. The van der Waals surface area contributed by atoms with Crippen molar-refractivity contribution in [3.8, 4) is 0 Å². The van der Waals surface area contributed by atoms with Crippen molar-refractivity contribution in [2.75, 3.05) is 17.4 Å². The highest BCUT2D eigenvalue weighted by Crippen LogP contribution is 2.33. The van der Waals surface area contributed by atoms with Gasteiger partial charge in [0.15, 0.2) is 0 Å². The van der Waals surface area contributed by atoms with Gasteiger partial charge >= 0.3 is 0 Å². The molecule has 0 radical (unpaired) electrons. The zero-order chi connectivity index (χ0) is 19.4. The summed E-state index contributed by atoms with van der Waals surface area (Å²) in [6.45, 7) is 5.11. The molecule has 2 aromatic carbocycles. The second-order valence-electron chi connectivity index (χ2n) is 6.95. The molecule has 1 aliphatic heterocycles. The summed E-state index contributed by atoms with van der Waals surface area (Å²) in [5.41, 5.74) is 3.16. The van der Waals surface area contributed by atoms with Crippen LogP contribution in [0.15, 0.2) is 47.4 Å². The molecule has 0 fully saturated rings. The van der Waals surface area contributed by atoms with Gasteiger partial charge in [0.25, 0.3) is 15.9 Å². The third-order valence-electron chi connectivity index (χ3n) is 4.87. The fourth-order valence-electron chi connectivity index (χ4n) is 3.28. The molecule has 6 heteroatoms. The SMILES string of the molecule is CCCCCNC(=O)c1ccc2c(c1)CCN2S(=O)(=O)c1ccc(C)cc1. The minimum atomic E-state index is -3.59. The first-order valence-electron chi connectivity index (χ1n) is 9.44. The average Bonchev–Trinajstić information content (AvgIpc) is 3.09. The Morgan fingerprint density at radius 2 is 1.85 bits per heavy atom. The Kier molecular flexibility index (Phi) is 5.85. The van der Waals surface area contributed by atoms with Gasteiger partial charge < -0.3 is 5.32 Å². The maximum absolute atomic E-state index is 13.0. The fourth-order valence-corrected chi connectivity index (χ4v) is 4.78. The number of hydrogen-bond donors (Lipinski definition) is 1. The molecule has 0 saturated heterocycles. The van der Waals surface area contributed by atoms with Crippen molar-refractivity contribution in [2.45, 2.75) is 44.4 Å². The Hall–Kier alpha value is -2.34. The monoisotopic (exact) mass is 386 g/mol. The van der Waals surface area contributed by atoms with Crippen LogP contribution in [0.25, 0.3) is 0 Å². The molecule has 27 heavy (non-hydrogen) atoms. The number of sulfonamides is 1. The number of nitrogens with zero attached hydrogens (tertiary/aromatic N) is 1. The van der Waals surface area contributed by atoms with Crippen LogP contribution in [0.4, 0.5) is 5.69 Å². The Bertz CT molecular complexity index is 921. The lowest BCUT2D eigenvalue weighted by Gasteiger charge is -2.20. The minimum Gasteiger partial charge on any atom is -0.352 e. The predicted molar refractivity (Wildman–Crippen MR) is 108 cm³/mol. The number of amides is 1. The molecule has 1 N–H and O–H groups in total. The number of hydrogen-bond acceptors (Lipinski definition) is 3. The minimum absolute atomic E-state index is 0.103. The fraction of sp³-hybridized carbons (Fsp3) is 0.381. The van der Waals surface area contributed by atoms with Gasteiger partial charge in [0.2, 0.25) is 0 Å². The molecular formula is C21H26N2O3S. The zero-order valence-electron chi connectivity index (χ0n) is 15.9. The number of nitrogens with one attached hydrogen (secondary N) is 1. The van der Waals surface area contributed by atoms with Crippen LogP contribution in [-0.2, 0) is 16.4 Å². The molecule has 0 aliphatic carbocycles. The normalized spacial score (nSPS) is 13.5. The van der Waals surface area contributed by atoms with Gasteiger partial charge in [-0.15, -0.1) is 0 Å². The Labute approximate surface area is 161 Å². The summed E-state index contributed by atoms with van der Waals surface area (Å²) in [6, 6.07) is 12.1. The molecule has 0 atom stereocenters. The molecule has 0 bridgehead atoms. The highest BCUT2D eigenvalue weighted by molar-refractivity contribution is 7.92. The van der Waals surface area contributed by atoms with Crippen LogP contribution in [0.2, 0.25) is 0 Å². The van der Waals surface area contributed by atoms with E-state index < -0.39 is 10.0 Å². The lowest BCUT2D eigenvalue weighted by molar-refractivity contribution is 0.0953. The highest BCUT2D eigenvalue weighted by Gasteiger charge is 2.31. The third kappa shape index (κ3) is 4.16. The quantitative estimate of drug-likeness (QED) is 0.739. The van der Waals surface area contributed by atoms with Gasteiger partial charge in [0.1, 0.15) is 0 Å². The summed E-state index contributed by atoms with van der Waals surface area (Å²) in [5.74, 6) is -0.103. The molecule has 0 spiro atoms. The largest absolute Gasteiger partial charge is 0.352 e. The second-order valence-corrected chi connectivity index (χ2v) is 8.81. The van der Waals surface area contributed by atoms with Gasteiger partial charge in [0.05, 0.1) is 10.6 Å². The van der Waals surface area contributed by atoms with E-state index in [9.17, 15) is 13.2 Å².